The van der Waals surface area contributed by atoms with Crippen molar-refractivity contribution >= 4 is 29.9 Å². The third-order valence-electron chi connectivity index (χ3n) is 5.10. The number of pyridine rings is 1. The van der Waals surface area contributed by atoms with E-state index in [9.17, 15) is 0 Å². The third kappa shape index (κ3) is 6.29. The summed E-state index contributed by atoms with van der Waals surface area (Å²) in [7, 11) is 1.79. The van der Waals surface area contributed by atoms with Gasteiger partial charge in [-0.3, -0.25) is 9.56 Å². The number of nitrogens with one attached hydrogen (secondary N) is 2. The van der Waals surface area contributed by atoms with Gasteiger partial charge in [-0.2, -0.15) is 0 Å². The molecule has 160 valence electrons. The molecule has 0 aliphatic carbocycles. The lowest BCUT2D eigenvalue weighted by molar-refractivity contribution is 0.508. The Bertz CT molecular complexity index is 933. The molecule has 0 spiro atoms. The van der Waals surface area contributed by atoms with E-state index in [-0.39, 0.29) is 29.4 Å². The maximum atomic E-state index is 4.39. The highest BCUT2D eigenvalue weighted by Gasteiger charge is 2.20. The lowest BCUT2D eigenvalue weighted by atomic mass is 9.84. The first-order valence-electron chi connectivity index (χ1n) is 9.99. The zero-order valence-electron chi connectivity index (χ0n) is 18.1. The van der Waals surface area contributed by atoms with E-state index in [0.717, 1.165) is 30.3 Å². The molecule has 0 fully saturated rings. The van der Waals surface area contributed by atoms with Crippen molar-refractivity contribution < 1.29 is 0 Å². The van der Waals surface area contributed by atoms with Crippen molar-refractivity contribution in [2.24, 2.45) is 4.99 Å². The Balaban J connectivity index is 0.00000320. The average molecular weight is 518 g/mol. The van der Waals surface area contributed by atoms with Crippen molar-refractivity contribution in [3.63, 3.8) is 0 Å². The molecular weight excluding hydrogens is 487 g/mol. The Morgan fingerprint density at radius 2 is 1.83 bits per heavy atom. The summed E-state index contributed by atoms with van der Waals surface area (Å²) < 4.78 is 1.89. The highest BCUT2D eigenvalue weighted by Crippen LogP contribution is 2.22. The van der Waals surface area contributed by atoms with Crippen LogP contribution in [-0.2, 0) is 18.4 Å². The predicted octanol–water partition coefficient (Wildman–Crippen LogP) is 4.09. The Hall–Kier alpha value is -2.42. The van der Waals surface area contributed by atoms with Crippen molar-refractivity contribution in [1.82, 2.24) is 25.2 Å². The lowest BCUT2D eigenvalue weighted by Gasteiger charge is -2.27. The zero-order valence-corrected chi connectivity index (χ0v) is 20.4. The van der Waals surface area contributed by atoms with Gasteiger partial charge in [-0.1, -0.05) is 45.0 Å². The van der Waals surface area contributed by atoms with E-state index in [0.29, 0.717) is 6.54 Å². The van der Waals surface area contributed by atoms with Crippen LogP contribution in [0.25, 0.3) is 5.82 Å². The Kier molecular flexibility index (Phi) is 8.83. The second-order valence-corrected chi connectivity index (χ2v) is 7.71. The SMILES string of the molecule is CCc1ccc(C(C)(C)CNC(=NC)NCc2ccnc(-n3ccnc3)c2)cc1.I. The van der Waals surface area contributed by atoms with Gasteiger partial charge < -0.3 is 10.6 Å². The van der Waals surface area contributed by atoms with Crippen LogP contribution in [-0.4, -0.2) is 34.1 Å². The second kappa shape index (κ2) is 11.1. The van der Waals surface area contributed by atoms with E-state index in [1.807, 2.05) is 29.1 Å². The van der Waals surface area contributed by atoms with E-state index in [2.05, 4.69) is 70.6 Å². The molecule has 0 unspecified atom stereocenters. The minimum absolute atomic E-state index is 0. The molecule has 0 saturated heterocycles. The zero-order chi connectivity index (χ0) is 20.7. The normalized spacial score (nSPS) is 11.7. The lowest BCUT2D eigenvalue weighted by Crippen LogP contribution is -2.43. The summed E-state index contributed by atoms with van der Waals surface area (Å²) in [6.45, 7) is 8.12. The van der Waals surface area contributed by atoms with Crippen LogP contribution in [0.2, 0.25) is 0 Å². The van der Waals surface area contributed by atoms with Crippen molar-refractivity contribution in [3.05, 3.63) is 78.0 Å². The van der Waals surface area contributed by atoms with Crippen molar-refractivity contribution in [3.8, 4) is 5.82 Å². The first-order chi connectivity index (χ1) is 14.0. The van der Waals surface area contributed by atoms with E-state index in [1.165, 1.54) is 11.1 Å². The van der Waals surface area contributed by atoms with Gasteiger partial charge in [0.25, 0.3) is 0 Å². The summed E-state index contributed by atoms with van der Waals surface area (Å²) in [4.78, 5) is 12.8. The monoisotopic (exact) mass is 518 g/mol. The molecule has 7 heteroatoms. The molecule has 3 rings (SSSR count). The van der Waals surface area contributed by atoms with Gasteiger partial charge in [0.2, 0.25) is 0 Å². The maximum Gasteiger partial charge on any atom is 0.191 e. The van der Waals surface area contributed by atoms with Gasteiger partial charge in [-0.15, -0.1) is 24.0 Å². The summed E-state index contributed by atoms with van der Waals surface area (Å²) in [6, 6.07) is 12.9. The Morgan fingerprint density at radius 3 is 2.47 bits per heavy atom. The van der Waals surface area contributed by atoms with Crippen LogP contribution in [0.3, 0.4) is 0 Å². The summed E-state index contributed by atoms with van der Waals surface area (Å²) in [6.07, 6.45) is 8.25. The molecule has 2 N–H and O–H groups in total. The quantitative estimate of drug-likeness (QED) is 0.281. The van der Waals surface area contributed by atoms with Crippen LogP contribution < -0.4 is 10.6 Å². The minimum atomic E-state index is -0.00481. The summed E-state index contributed by atoms with van der Waals surface area (Å²) >= 11 is 0. The van der Waals surface area contributed by atoms with Gasteiger partial charge in [0.1, 0.15) is 12.1 Å². The molecule has 0 radical (unpaired) electrons. The molecule has 2 aromatic heterocycles. The molecule has 0 saturated carbocycles. The highest BCUT2D eigenvalue weighted by molar-refractivity contribution is 14.0. The summed E-state index contributed by atoms with van der Waals surface area (Å²) in [5.74, 6) is 1.63. The number of aromatic nitrogens is 3. The van der Waals surface area contributed by atoms with Crippen LogP contribution >= 0.6 is 24.0 Å². The molecule has 1 aromatic carbocycles. The van der Waals surface area contributed by atoms with Crippen LogP contribution in [0.4, 0.5) is 0 Å². The van der Waals surface area contributed by atoms with Gasteiger partial charge in [0, 0.05) is 44.1 Å². The van der Waals surface area contributed by atoms with Crippen molar-refractivity contribution in [1.29, 1.82) is 0 Å². The van der Waals surface area contributed by atoms with Crippen LogP contribution in [0.1, 0.15) is 37.5 Å². The number of imidazole rings is 1. The average Bonchev–Trinajstić information content (AvgIpc) is 3.29. The van der Waals surface area contributed by atoms with Crippen LogP contribution in [0.15, 0.2) is 66.3 Å². The van der Waals surface area contributed by atoms with Crippen molar-refractivity contribution in [2.45, 2.75) is 39.2 Å². The molecule has 0 atom stereocenters. The number of aliphatic imine (C=N–C) groups is 1. The van der Waals surface area contributed by atoms with Gasteiger partial charge >= 0.3 is 0 Å². The molecule has 0 aliphatic heterocycles. The topological polar surface area (TPSA) is 67.1 Å². The standard InChI is InChI=1S/C23H30N6.HI/c1-5-18-6-8-20(9-7-18)23(2,3)16-28-22(24-4)27-15-19-10-11-26-21(14-19)29-13-12-25-17-29;/h6-14,17H,5,15-16H2,1-4H3,(H2,24,27,28);1H. The first-order valence-corrected chi connectivity index (χ1v) is 9.99. The number of halogens is 1. The second-order valence-electron chi connectivity index (χ2n) is 7.71. The van der Waals surface area contributed by atoms with E-state index in [4.69, 9.17) is 0 Å². The summed E-state index contributed by atoms with van der Waals surface area (Å²) in [5.41, 5.74) is 3.80. The number of benzene rings is 1. The molecule has 2 heterocycles. The minimum Gasteiger partial charge on any atom is -0.356 e. The Labute approximate surface area is 196 Å². The fourth-order valence-corrected chi connectivity index (χ4v) is 3.11. The molecule has 3 aromatic rings. The van der Waals surface area contributed by atoms with E-state index >= 15 is 0 Å². The molecule has 0 bridgehead atoms. The number of aryl methyl sites for hydroxylation is 1. The van der Waals surface area contributed by atoms with Gasteiger partial charge in [-0.25, -0.2) is 9.97 Å². The fraction of sp³-hybridized carbons (Fsp3) is 0.348. The molecule has 0 amide bonds. The Morgan fingerprint density at radius 1 is 1.07 bits per heavy atom. The van der Waals surface area contributed by atoms with Crippen molar-refractivity contribution in [2.75, 3.05) is 13.6 Å². The molecule has 0 aliphatic rings. The molecule has 6 nitrogen and oxygen atoms in total. The van der Waals surface area contributed by atoms with E-state index < -0.39 is 0 Å². The highest BCUT2D eigenvalue weighted by atomic mass is 127. The molecular formula is C23H31IN6. The first kappa shape index (κ1) is 23.9. The smallest absolute Gasteiger partial charge is 0.191 e. The number of nitrogens with zero attached hydrogens (tertiary/aromatic N) is 4. The van der Waals surface area contributed by atoms with Gasteiger partial charge in [-0.05, 0) is 35.2 Å². The number of hydrogen-bond donors (Lipinski definition) is 2. The van der Waals surface area contributed by atoms with Gasteiger partial charge in [0.15, 0.2) is 5.96 Å². The third-order valence-corrected chi connectivity index (χ3v) is 5.10. The van der Waals surface area contributed by atoms with Crippen LogP contribution in [0.5, 0.6) is 0 Å². The van der Waals surface area contributed by atoms with E-state index in [1.54, 1.807) is 19.6 Å². The fourth-order valence-electron chi connectivity index (χ4n) is 3.11. The van der Waals surface area contributed by atoms with Crippen LogP contribution in [0, 0.1) is 0 Å². The van der Waals surface area contributed by atoms with Gasteiger partial charge in [0.05, 0.1) is 0 Å². The number of guanidine groups is 1. The summed E-state index contributed by atoms with van der Waals surface area (Å²) in [5, 5.41) is 6.84. The largest absolute Gasteiger partial charge is 0.356 e. The molecule has 30 heavy (non-hydrogen) atoms. The number of rotatable bonds is 7. The number of hydrogen-bond acceptors (Lipinski definition) is 3. The predicted molar refractivity (Wildman–Crippen MR) is 134 cm³/mol. The maximum absolute atomic E-state index is 4.39.